The van der Waals surface area contributed by atoms with Gasteiger partial charge in [0.1, 0.15) is 0 Å². The van der Waals surface area contributed by atoms with E-state index in [9.17, 15) is 0 Å². The van der Waals surface area contributed by atoms with E-state index in [1.807, 2.05) is 0 Å². The van der Waals surface area contributed by atoms with Crippen LogP contribution in [-0.4, -0.2) is 91.2 Å². The quantitative estimate of drug-likeness (QED) is 0.262. The molecule has 0 aliphatic heterocycles. The van der Waals surface area contributed by atoms with Crippen LogP contribution in [0.2, 0.25) is 0 Å². The highest BCUT2D eigenvalue weighted by molar-refractivity contribution is 4.50. The first-order valence-corrected chi connectivity index (χ1v) is 9.13. The minimum Gasteiger partial charge on any atom is -0.382 e. The molecule has 0 rings (SSSR count). The third-order valence-electron chi connectivity index (χ3n) is 3.12. The Bertz CT molecular complexity index is 229. The molecule has 0 atom stereocenters. The molecule has 146 valence electrons. The van der Waals surface area contributed by atoms with Gasteiger partial charge in [-0.3, -0.25) is 5.43 Å². The molecule has 0 radical (unpaired) electrons. The Kier molecular flexibility index (Phi) is 20.5. The van der Waals surface area contributed by atoms with Crippen molar-refractivity contribution < 1.29 is 23.7 Å². The fourth-order valence-corrected chi connectivity index (χ4v) is 1.99. The standard InChI is InChI=1S/C17H38N2O5/c1-4-7-19(8-5-2)18-6-9-21-12-13-23-16-17-24-15-14-22-11-10-20-3/h18H,4-17H2,1-3H3. The highest BCUT2D eigenvalue weighted by atomic mass is 16.6. The van der Waals surface area contributed by atoms with Crippen molar-refractivity contribution in [3.8, 4) is 0 Å². The monoisotopic (exact) mass is 350 g/mol. The second-order valence-electron chi connectivity index (χ2n) is 5.34. The van der Waals surface area contributed by atoms with E-state index in [-0.39, 0.29) is 0 Å². The van der Waals surface area contributed by atoms with Crippen molar-refractivity contribution in [1.82, 2.24) is 10.4 Å². The summed E-state index contributed by atoms with van der Waals surface area (Å²) in [6.45, 7) is 12.9. The van der Waals surface area contributed by atoms with Crippen LogP contribution in [0.1, 0.15) is 26.7 Å². The largest absolute Gasteiger partial charge is 0.382 e. The van der Waals surface area contributed by atoms with E-state index in [0.717, 1.165) is 32.5 Å². The van der Waals surface area contributed by atoms with E-state index in [1.165, 1.54) is 0 Å². The summed E-state index contributed by atoms with van der Waals surface area (Å²) in [7, 11) is 1.66. The van der Waals surface area contributed by atoms with Gasteiger partial charge in [-0.15, -0.1) is 0 Å². The molecule has 0 aromatic rings. The molecule has 0 amide bonds. The number of methoxy groups -OCH3 is 1. The third-order valence-corrected chi connectivity index (χ3v) is 3.12. The fraction of sp³-hybridized carbons (Fsp3) is 1.00. The Labute approximate surface area is 147 Å². The van der Waals surface area contributed by atoms with Gasteiger partial charge in [-0.25, -0.2) is 5.01 Å². The first kappa shape index (κ1) is 23.7. The van der Waals surface area contributed by atoms with Crippen molar-refractivity contribution in [2.24, 2.45) is 0 Å². The van der Waals surface area contributed by atoms with E-state index in [2.05, 4.69) is 24.3 Å². The molecular weight excluding hydrogens is 312 g/mol. The summed E-state index contributed by atoms with van der Waals surface area (Å²) < 4.78 is 26.5. The normalized spacial score (nSPS) is 11.5. The van der Waals surface area contributed by atoms with E-state index >= 15 is 0 Å². The van der Waals surface area contributed by atoms with Crippen LogP contribution in [0.3, 0.4) is 0 Å². The molecular formula is C17H38N2O5. The minimum atomic E-state index is 0.582. The summed E-state index contributed by atoms with van der Waals surface area (Å²) in [6.07, 6.45) is 2.31. The van der Waals surface area contributed by atoms with Crippen LogP contribution in [-0.2, 0) is 23.7 Å². The number of hydrogen-bond donors (Lipinski definition) is 1. The maximum Gasteiger partial charge on any atom is 0.0701 e. The molecule has 0 aliphatic carbocycles. The number of hydrazine groups is 1. The smallest absolute Gasteiger partial charge is 0.0701 e. The Morgan fingerprint density at radius 2 is 1.04 bits per heavy atom. The number of nitrogens with zero attached hydrogens (tertiary/aromatic N) is 1. The van der Waals surface area contributed by atoms with Gasteiger partial charge in [-0.1, -0.05) is 13.8 Å². The molecule has 0 bridgehead atoms. The highest BCUT2D eigenvalue weighted by Gasteiger charge is 2.00. The van der Waals surface area contributed by atoms with E-state index < -0.39 is 0 Å². The van der Waals surface area contributed by atoms with Crippen LogP contribution >= 0.6 is 0 Å². The summed E-state index contributed by atoms with van der Waals surface area (Å²) in [4.78, 5) is 0. The number of ether oxygens (including phenoxy) is 5. The Hall–Kier alpha value is -0.280. The molecule has 0 aliphatic rings. The maximum atomic E-state index is 5.54. The summed E-state index contributed by atoms with van der Waals surface area (Å²) >= 11 is 0. The second kappa shape index (κ2) is 20.8. The lowest BCUT2D eigenvalue weighted by Gasteiger charge is -2.22. The lowest BCUT2D eigenvalue weighted by molar-refractivity contribution is -0.00846. The Balaban J connectivity index is 3.14. The van der Waals surface area contributed by atoms with Gasteiger partial charge in [-0.2, -0.15) is 0 Å². The molecule has 0 saturated heterocycles. The van der Waals surface area contributed by atoms with Gasteiger partial charge in [0.2, 0.25) is 0 Å². The van der Waals surface area contributed by atoms with Gasteiger partial charge >= 0.3 is 0 Å². The highest BCUT2D eigenvalue weighted by Crippen LogP contribution is 1.89. The molecule has 7 heteroatoms. The minimum absolute atomic E-state index is 0.582. The van der Waals surface area contributed by atoms with Crippen molar-refractivity contribution >= 4 is 0 Å². The van der Waals surface area contributed by atoms with Crippen LogP contribution in [0.4, 0.5) is 0 Å². The first-order chi connectivity index (χ1) is 11.8. The number of rotatable bonds is 20. The summed E-state index contributed by atoms with van der Waals surface area (Å²) in [5.41, 5.74) is 3.39. The average Bonchev–Trinajstić information content (AvgIpc) is 2.58. The van der Waals surface area contributed by atoms with Gasteiger partial charge in [0.25, 0.3) is 0 Å². The van der Waals surface area contributed by atoms with Gasteiger partial charge in [0.15, 0.2) is 0 Å². The van der Waals surface area contributed by atoms with Crippen LogP contribution in [0.15, 0.2) is 0 Å². The molecule has 1 N–H and O–H groups in total. The SMILES string of the molecule is CCCN(CCC)NCCOCCOCCOCCOCCOC. The summed E-state index contributed by atoms with van der Waals surface area (Å²) in [5.74, 6) is 0. The summed E-state index contributed by atoms with van der Waals surface area (Å²) in [6, 6.07) is 0. The molecule has 0 spiro atoms. The van der Waals surface area contributed by atoms with Crippen LogP contribution in [0.25, 0.3) is 0 Å². The predicted octanol–water partition coefficient (Wildman–Crippen LogP) is 1.33. The van der Waals surface area contributed by atoms with E-state index in [0.29, 0.717) is 59.5 Å². The molecule has 0 aromatic heterocycles. The zero-order valence-corrected chi connectivity index (χ0v) is 15.9. The van der Waals surface area contributed by atoms with E-state index in [1.54, 1.807) is 7.11 Å². The third kappa shape index (κ3) is 18.1. The lowest BCUT2D eigenvalue weighted by atomic mass is 10.4. The van der Waals surface area contributed by atoms with Crippen molar-refractivity contribution in [3.05, 3.63) is 0 Å². The molecule has 7 nitrogen and oxygen atoms in total. The van der Waals surface area contributed by atoms with E-state index in [4.69, 9.17) is 23.7 Å². The van der Waals surface area contributed by atoms with Crippen LogP contribution in [0, 0.1) is 0 Å². The number of hydrogen-bond acceptors (Lipinski definition) is 7. The molecule has 0 saturated carbocycles. The van der Waals surface area contributed by atoms with Crippen molar-refractivity contribution in [1.29, 1.82) is 0 Å². The lowest BCUT2D eigenvalue weighted by Crippen LogP contribution is -2.41. The molecule has 24 heavy (non-hydrogen) atoms. The van der Waals surface area contributed by atoms with Gasteiger partial charge < -0.3 is 23.7 Å². The van der Waals surface area contributed by atoms with Gasteiger partial charge in [0, 0.05) is 26.7 Å². The molecule has 0 unspecified atom stereocenters. The topological polar surface area (TPSA) is 61.4 Å². The van der Waals surface area contributed by atoms with Crippen LogP contribution < -0.4 is 5.43 Å². The molecule has 0 aromatic carbocycles. The van der Waals surface area contributed by atoms with Crippen molar-refractivity contribution in [2.45, 2.75) is 26.7 Å². The molecule has 0 heterocycles. The zero-order valence-electron chi connectivity index (χ0n) is 15.9. The maximum absolute atomic E-state index is 5.54. The van der Waals surface area contributed by atoms with Gasteiger partial charge in [0.05, 0.1) is 59.5 Å². The average molecular weight is 351 g/mol. The second-order valence-corrected chi connectivity index (χ2v) is 5.34. The molecule has 0 fully saturated rings. The van der Waals surface area contributed by atoms with Gasteiger partial charge in [-0.05, 0) is 12.8 Å². The zero-order chi connectivity index (χ0) is 17.7. The predicted molar refractivity (Wildman–Crippen MR) is 95.3 cm³/mol. The van der Waals surface area contributed by atoms with Crippen molar-refractivity contribution in [2.75, 3.05) is 86.2 Å². The fourth-order valence-electron chi connectivity index (χ4n) is 1.99. The number of nitrogens with one attached hydrogen (secondary N) is 1. The van der Waals surface area contributed by atoms with Crippen molar-refractivity contribution in [3.63, 3.8) is 0 Å². The Morgan fingerprint density at radius 1 is 0.625 bits per heavy atom. The van der Waals surface area contributed by atoms with Crippen LogP contribution in [0.5, 0.6) is 0 Å². The first-order valence-electron chi connectivity index (χ1n) is 9.13. The summed E-state index contributed by atoms with van der Waals surface area (Å²) in [5, 5.41) is 2.26. The Morgan fingerprint density at radius 3 is 1.46 bits per heavy atom.